The lowest BCUT2D eigenvalue weighted by molar-refractivity contribution is -0.130. The van der Waals surface area contributed by atoms with Crippen LogP contribution in [0.1, 0.15) is 24.2 Å². The van der Waals surface area contributed by atoms with Crippen molar-refractivity contribution >= 4 is 11.6 Å². The number of hydrogen-bond donors (Lipinski definition) is 1. The zero-order valence-electron chi connectivity index (χ0n) is 15.2. The minimum Gasteiger partial charge on any atom is -0.497 e. The number of amides is 1. The van der Waals surface area contributed by atoms with Crippen molar-refractivity contribution in [3.05, 3.63) is 60.0 Å². The SMILES string of the molecule is COc1ccc(C2(C(=O)NCc3nnc4ccccn34)CCOCC2)cc1. The van der Waals surface area contributed by atoms with Gasteiger partial charge in [0.05, 0.1) is 19.1 Å². The van der Waals surface area contributed by atoms with E-state index >= 15 is 0 Å². The maximum Gasteiger partial charge on any atom is 0.231 e. The summed E-state index contributed by atoms with van der Waals surface area (Å²) in [5, 5.41) is 11.4. The van der Waals surface area contributed by atoms with E-state index in [9.17, 15) is 4.79 Å². The van der Waals surface area contributed by atoms with E-state index < -0.39 is 5.41 Å². The Morgan fingerprint density at radius 1 is 1.19 bits per heavy atom. The first-order valence-corrected chi connectivity index (χ1v) is 9.02. The lowest BCUT2D eigenvalue weighted by Gasteiger charge is -2.36. The van der Waals surface area contributed by atoms with Crippen LogP contribution in [0.3, 0.4) is 0 Å². The summed E-state index contributed by atoms with van der Waals surface area (Å²) in [5.41, 5.74) is 1.14. The summed E-state index contributed by atoms with van der Waals surface area (Å²) < 4.78 is 12.6. The van der Waals surface area contributed by atoms with Gasteiger partial charge in [-0.3, -0.25) is 9.20 Å². The Balaban J connectivity index is 1.57. The number of aromatic nitrogens is 3. The standard InChI is InChI=1S/C20H22N4O3/c1-26-16-7-5-15(6-8-16)20(9-12-27-13-10-20)19(25)21-14-18-23-22-17-4-2-3-11-24(17)18/h2-8,11H,9-10,12-14H2,1H3,(H,21,25). The summed E-state index contributed by atoms with van der Waals surface area (Å²) in [6.07, 6.45) is 3.18. The monoisotopic (exact) mass is 366 g/mol. The second-order valence-corrected chi connectivity index (χ2v) is 6.65. The second kappa shape index (κ2) is 7.36. The molecule has 1 aliphatic heterocycles. The molecule has 1 fully saturated rings. The van der Waals surface area contributed by atoms with E-state index in [1.807, 2.05) is 53.1 Å². The number of benzene rings is 1. The van der Waals surface area contributed by atoms with Crippen LogP contribution in [0.2, 0.25) is 0 Å². The minimum absolute atomic E-state index is 0.0105. The third-order valence-corrected chi connectivity index (χ3v) is 5.21. The van der Waals surface area contributed by atoms with Crippen molar-refractivity contribution in [3.8, 4) is 5.75 Å². The van der Waals surface area contributed by atoms with Crippen LogP contribution in [-0.2, 0) is 21.5 Å². The predicted octanol–water partition coefficient (Wildman–Crippen LogP) is 2.10. The number of methoxy groups -OCH3 is 1. The van der Waals surface area contributed by atoms with E-state index in [-0.39, 0.29) is 5.91 Å². The van der Waals surface area contributed by atoms with Crippen molar-refractivity contribution in [1.82, 2.24) is 19.9 Å². The van der Waals surface area contributed by atoms with E-state index in [2.05, 4.69) is 15.5 Å². The maximum absolute atomic E-state index is 13.3. The van der Waals surface area contributed by atoms with Crippen LogP contribution < -0.4 is 10.1 Å². The van der Waals surface area contributed by atoms with Gasteiger partial charge in [0.25, 0.3) is 0 Å². The molecule has 1 aliphatic rings. The molecule has 0 unspecified atom stereocenters. The third-order valence-electron chi connectivity index (χ3n) is 5.21. The van der Waals surface area contributed by atoms with Gasteiger partial charge in [-0.15, -0.1) is 10.2 Å². The number of pyridine rings is 1. The van der Waals surface area contributed by atoms with E-state index in [1.165, 1.54) is 0 Å². The van der Waals surface area contributed by atoms with Gasteiger partial charge in [-0.05, 0) is 42.7 Å². The summed E-state index contributed by atoms with van der Waals surface area (Å²) in [6.45, 7) is 1.45. The van der Waals surface area contributed by atoms with Gasteiger partial charge in [0.15, 0.2) is 11.5 Å². The van der Waals surface area contributed by atoms with Gasteiger partial charge in [-0.2, -0.15) is 0 Å². The van der Waals surface area contributed by atoms with Crippen LogP contribution in [0.4, 0.5) is 0 Å². The van der Waals surface area contributed by atoms with Crippen molar-refractivity contribution < 1.29 is 14.3 Å². The molecule has 1 N–H and O–H groups in total. The van der Waals surface area contributed by atoms with Gasteiger partial charge in [0, 0.05) is 19.4 Å². The van der Waals surface area contributed by atoms with Crippen LogP contribution in [0.5, 0.6) is 5.75 Å². The number of ether oxygens (including phenoxy) is 2. The van der Waals surface area contributed by atoms with Crippen molar-refractivity contribution in [2.45, 2.75) is 24.8 Å². The Morgan fingerprint density at radius 2 is 1.96 bits per heavy atom. The molecular formula is C20H22N4O3. The Kier molecular flexibility index (Phi) is 4.77. The van der Waals surface area contributed by atoms with Crippen molar-refractivity contribution in [3.63, 3.8) is 0 Å². The van der Waals surface area contributed by atoms with Gasteiger partial charge >= 0.3 is 0 Å². The Hall–Kier alpha value is -2.93. The summed E-state index contributed by atoms with van der Waals surface area (Å²) >= 11 is 0. The van der Waals surface area contributed by atoms with Crippen LogP contribution in [0.25, 0.3) is 5.65 Å². The summed E-state index contributed by atoms with van der Waals surface area (Å²) in [6, 6.07) is 13.4. The Morgan fingerprint density at radius 3 is 2.70 bits per heavy atom. The van der Waals surface area contributed by atoms with Gasteiger partial charge in [0.1, 0.15) is 5.75 Å². The molecule has 1 saturated heterocycles. The van der Waals surface area contributed by atoms with E-state index in [0.29, 0.717) is 38.4 Å². The molecular weight excluding hydrogens is 344 g/mol. The van der Waals surface area contributed by atoms with E-state index in [0.717, 1.165) is 17.0 Å². The van der Waals surface area contributed by atoms with E-state index in [1.54, 1.807) is 7.11 Å². The first-order valence-electron chi connectivity index (χ1n) is 9.02. The molecule has 4 rings (SSSR count). The molecule has 140 valence electrons. The lowest BCUT2D eigenvalue weighted by atomic mass is 9.73. The first-order chi connectivity index (χ1) is 13.2. The number of fused-ring (bicyclic) bond motifs is 1. The summed E-state index contributed by atoms with van der Waals surface area (Å²) in [4.78, 5) is 13.3. The highest BCUT2D eigenvalue weighted by molar-refractivity contribution is 5.88. The lowest BCUT2D eigenvalue weighted by Crippen LogP contribution is -2.48. The molecule has 7 heteroatoms. The van der Waals surface area contributed by atoms with Crippen LogP contribution >= 0.6 is 0 Å². The highest BCUT2D eigenvalue weighted by Gasteiger charge is 2.41. The smallest absolute Gasteiger partial charge is 0.231 e. The first kappa shape index (κ1) is 17.5. The van der Waals surface area contributed by atoms with Crippen molar-refractivity contribution in [1.29, 1.82) is 0 Å². The molecule has 3 aromatic rings. The Labute approximate surface area is 157 Å². The minimum atomic E-state index is -0.606. The Bertz CT molecular complexity index is 930. The average molecular weight is 366 g/mol. The molecule has 0 aliphatic carbocycles. The molecule has 27 heavy (non-hydrogen) atoms. The van der Waals surface area contributed by atoms with Crippen LogP contribution in [0, 0.1) is 0 Å². The molecule has 3 heterocycles. The van der Waals surface area contributed by atoms with E-state index in [4.69, 9.17) is 9.47 Å². The van der Waals surface area contributed by atoms with Crippen molar-refractivity contribution in [2.75, 3.05) is 20.3 Å². The fourth-order valence-electron chi connectivity index (χ4n) is 3.62. The molecule has 0 radical (unpaired) electrons. The van der Waals surface area contributed by atoms with Gasteiger partial charge in [-0.1, -0.05) is 18.2 Å². The highest BCUT2D eigenvalue weighted by atomic mass is 16.5. The average Bonchev–Trinajstić information content (AvgIpc) is 3.15. The zero-order chi connectivity index (χ0) is 18.7. The fraction of sp³-hybridized carbons (Fsp3) is 0.350. The number of nitrogens with zero attached hydrogens (tertiary/aromatic N) is 3. The molecule has 0 spiro atoms. The topological polar surface area (TPSA) is 77.8 Å². The number of carbonyl (C=O) groups excluding carboxylic acids is 1. The molecule has 0 saturated carbocycles. The number of rotatable bonds is 5. The summed E-state index contributed by atoms with van der Waals surface area (Å²) in [5.74, 6) is 1.47. The largest absolute Gasteiger partial charge is 0.497 e. The van der Waals surface area contributed by atoms with Gasteiger partial charge < -0.3 is 14.8 Å². The third kappa shape index (κ3) is 3.26. The number of hydrogen-bond acceptors (Lipinski definition) is 5. The molecule has 0 atom stereocenters. The molecule has 0 bridgehead atoms. The zero-order valence-corrected chi connectivity index (χ0v) is 15.2. The van der Waals surface area contributed by atoms with Crippen molar-refractivity contribution in [2.24, 2.45) is 0 Å². The molecule has 7 nitrogen and oxygen atoms in total. The molecule has 1 amide bonds. The number of nitrogens with one attached hydrogen (secondary N) is 1. The van der Waals surface area contributed by atoms with Gasteiger partial charge in [-0.25, -0.2) is 0 Å². The highest BCUT2D eigenvalue weighted by Crippen LogP contribution is 2.36. The van der Waals surface area contributed by atoms with Gasteiger partial charge in [0.2, 0.25) is 5.91 Å². The maximum atomic E-state index is 13.3. The normalized spacial score (nSPS) is 16.2. The molecule has 1 aromatic carbocycles. The number of carbonyl (C=O) groups is 1. The van der Waals surface area contributed by atoms with Crippen LogP contribution in [-0.4, -0.2) is 40.8 Å². The second-order valence-electron chi connectivity index (χ2n) is 6.65. The van der Waals surface area contributed by atoms with Crippen LogP contribution in [0.15, 0.2) is 48.7 Å². The molecule has 2 aromatic heterocycles. The summed E-state index contributed by atoms with van der Waals surface area (Å²) in [7, 11) is 1.63. The predicted molar refractivity (Wildman–Crippen MR) is 99.6 cm³/mol. The fourth-order valence-corrected chi connectivity index (χ4v) is 3.62. The quantitative estimate of drug-likeness (QED) is 0.748.